The molecular weight excluding hydrogens is 412 g/mol. The number of hydrogen-bond donors (Lipinski definition) is 4. The van der Waals surface area contributed by atoms with Gasteiger partial charge in [0, 0.05) is 64.8 Å². The molecule has 2 aromatic heterocycles. The Morgan fingerprint density at radius 2 is 1.16 bits per heavy atom. The van der Waals surface area contributed by atoms with E-state index in [0.717, 1.165) is 75.0 Å². The fourth-order valence-electron chi connectivity index (χ4n) is 4.08. The van der Waals surface area contributed by atoms with Gasteiger partial charge in [-0.3, -0.25) is 19.8 Å². The van der Waals surface area contributed by atoms with Gasteiger partial charge in [-0.1, -0.05) is 0 Å². The first kappa shape index (κ1) is 23.1. The van der Waals surface area contributed by atoms with Gasteiger partial charge in [0.2, 0.25) is 0 Å². The molecule has 2 unspecified atom stereocenters. The first-order valence-corrected chi connectivity index (χ1v) is 11.4. The zero-order chi connectivity index (χ0) is 22.2. The summed E-state index contributed by atoms with van der Waals surface area (Å²) >= 11 is 0. The van der Waals surface area contributed by atoms with E-state index in [4.69, 9.17) is 9.47 Å². The second-order valence-electron chi connectivity index (χ2n) is 8.31. The van der Waals surface area contributed by atoms with Crippen molar-refractivity contribution in [3.63, 3.8) is 0 Å². The van der Waals surface area contributed by atoms with Crippen LogP contribution in [0.25, 0.3) is 11.0 Å². The lowest BCUT2D eigenvalue weighted by Gasteiger charge is -2.28. The minimum absolute atomic E-state index is 0.425. The van der Waals surface area contributed by atoms with E-state index in [9.17, 15) is 10.2 Å². The predicted molar refractivity (Wildman–Crippen MR) is 123 cm³/mol. The largest absolute Gasteiger partial charge is 0.390 e. The number of nitrogens with zero attached hydrogens (tertiary/aromatic N) is 4. The highest BCUT2D eigenvalue weighted by Crippen LogP contribution is 2.25. The Hall–Kier alpha value is -2.08. The van der Waals surface area contributed by atoms with Gasteiger partial charge in [-0.15, -0.1) is 0 Å². The molecule has 2 saturated heterocycles. The number of morpholine rings is 2. The summed E-state index contributed by atoms with van der Waals surface area (Å²) in [6, 6.07) is 3.74. The maximum Gasteiger partial charge on any atom is 0.114 e. The molecule has 176 valence electrons. The Labute approximate surface area is 188 Å². The molecule has 0 amide bonds. The summed E-state index contributed by atoms with van der Waals surface area (Å²) < 4.78 is 10.7. The molecule has 2 atom stereocenters. The Morgan fingerprint density at radius 3 is 1.56 bits per heavy atom. The molecular formula is C22H34N6O4. The van der Waals surface area contributed by atoms with Crippen LogP contribution in [0.2, 0.25) is 0 Å². The zero-order valence-corrected chi connectivity index (χ0v) is 18.4. The number of aromatic nitrogens is 2. The van der Waals surface area contributed by atoms with Crippen LogP contribution in [0.15, 0.2) is 24.5 Å². The molecule has 4 rings (SSSR count). The lowest BCUT2D eigenvalue weighted by Crippen LogP contribution is -2.42. The summed E-state index contributed by atoms with van der Waals surface area (Å²) in [6.07, 6.45) is 2.48. The van der Waals surface area contributed by atoms with Gasteiger partial charge in [-0.25, -0.2) is 0 Å². The SMILES string of the molecule is OC(CNc1ccnc2c(NCC(O)CN3CCOCC3)ccnc12)CN1CCOCC1. The van der Waals surface area contributed by atoms with Crippen molar-refractivity contribution in [3.8, 4) is 0 Å². The molecule has 2 aliphatic rings. The van der Waals surface area contributed by atoms with Gasteiger partial charge in [-0.2, -0.15) is 0 Å². The van der Waals surface area contributed by atoms with Gasteiger partial charge in [0.05, 0.1) is 50.0 Å². The molecule has 10 heteroatoms. The highest BCUT2D eigenvalue weighted by molar-refractivity contribution is 5.95. The number of hydrogen-bond acceptors (Lipinski definition) is 10. The highest BCUT2D eigenvalue weighted by atomic mass is 16.5. The molecule has 4 heterocycles. The predicted octanol–water partition coefficient (Wildman–Crippen LogP) is -0.160. The maximum absolute atomic E-state index is 10.4. The van der Waals surface area contributed by atoms with Crippen molar-refractivity contribution in [2.24, 2.45) is 0 Å². The second kappa shape index (κ2) is 11.7. The summed E-state index contributed by atoms with van der Waals surface area (Å²) in [7, 11) is 0. The van der Waals surface area contributed by atoms with Crippen molar-refractivity contribution in [2.45, 2.75) is 12.2 Å². The van der Waals surface area contributed by atoms with E-state index < -0.39 is 12.2 Å². The third-order valence-corrected chi connectivity index (χ3v) is 5.83. The quantitative estimate of drug-likeness (QED) is 0.392. The second-order valence-corrected chi connectivity index (χ2v) is 8.31. The number of pyridine rings is 2. The number of aliphatic hydroxyl groups excluding tert-OH is 2. The molecule has 0 bridgehead atoms. The third kappa shape index (κ3) is 6.47. The molecule has 10 nitrogen and oxygen atoms in total. The molecule has 0 saturated carbocycles. The molecule has 32 heavy (non-hydrogen) atoms. The van der Waals surface area contributed by atoms with E-state index in [0.29, 0.717) is 26.2 Å². The van der Waals surface area contributed by atoms with Crippen LogP contribution in [0, 0.1) is 0 Å². The van der Waals surface area contributed by atoms with E-state index >= 15 is 0 Å². The molecule has 0 spiro atoms. The molecule has 0 aliphatic carbocycles. The van der Waals surface area contributed by atoms with Crippen molar-refractivity contribution in [2.75, 3.05) is 89.4 Å². The molecule has 2 aliphatic heterocycles. The van der Waals surface area contributed by atoms with E-state index in [1.54, 1.807) is 12.4 Å². The molecule has 4 N–H and O–H groups in total. The van der Waals surface area contributed by atoms with E-state index in [1.807, 2.05) is 12.1 Å². The van der Waals surface area contributed by atoms with Crippen LogP contribution in [-0.4, -0.2) is 121 Å². The molecule has 0 radical (unpaired) electrons. The Kier molecular flexibility index (Phi) is 8.43. The minimum atomic E-state index is -0.493. The fourth-order valence-corrected chi connectivity index (χ4v) is 4.08. The van der Waals surface area contributed by atoms with Crippen molar-refractivity contribution in [3.05, 3.63) is 24.5 Å². The van der Waals surface area contributed by atoms with Crippen LogP contribution >= 0.6 is 0 Å². The van der Waals surface area contributed by atoms with E-state index in [1.165, 1.54) is 0 Å². The summed E-state index contributed by atoms with van der Waals surface area (Å²) in [6.45, 7) is 8.35. The van der Waals surface area contributed by atoms with Crippen LogP contribution in [0.3, 0.4) is 0 Å². The lowest BCUT2D eigenvalue weighted by atomic mass is 10.2. The summed E-state index contributed by atoms with van der Waals surface area (Å²) in [5.74, 6) is 0. The van der Waals surface area contributed by atoms with Crippen LogP contribution < -0.4 is 10.6 Å². The maximum atomic E-state index is 10.4. The highest BCUT2D eigenvalue weighted by Gasteiger charge is 2.17. The summed E-state index contributed by atoms with van der Waals surface area (Å²) in [5, 5.41) is 27.5. The molecule has 0 aromatic carbocycles. The number of ether oxygens (including phenoxy) is 2. The molecule has 2 aromatic rings. The molecule has 2 fully saturated rings. The Bertz CT molecular complexity index is 775. The summed E-state index contributed by atoms with van der Waals surface area (Å²) in [4.78, 5) is 13.4. The van der Waals surface area contributed by atoms with Crippen molar-refractivity contribution < 1.29 is 19.7 Å². The van der Waals surface area contributed by atoms with E-state index in [-0.39, 0.29) is 0 Å². The van der Waals surface area contributed by atoms with Crippen LogP contribution in [0.4, 0.5) is 11.4 Å². The van der Waals surface area contributed by atoms with Gasteiger partial charge in [-0.05, 0) is 12.1 Å². The van der Waals surface area contributed by atoms with E-state index in [2.05, 4.69) is 30.4 Å². The summed E-state index contributed by atoms with van der Waals surface area (Å²) in [5.41, 5.74) is 3.12. The number of aliphatic hydroxyl groups is 2. The van der Waals surface area contributed by atoms with Gasteiger partial charge >= 0.3 is 0 Å². The van der Waals surface area contributed by atoms with Crippen molar-refractivity contribution in [1.29, 1.82) is 0 Å². The minimum Gasteiger partial charge on any atom is -0.390 e. The number of fused-ring (bicyclic) bond motifs is 1. The third-order valence-electron chi connectivity index (χ3n) is 5.83. The first-order valence-electron chi connectivity index (χ1n) is 11.4. The van der Waals surface area contributed by atoms with Crippen molar-refractivity contribution >= 4 is 22.4 Å². The van der Waals surface area contributed by atoms with Gasteiger partial charge in [0.15, 0.2) is 0 Å². The Balaban J connectivity index is 1.33. The normalized spacial score (nSPS) is 20.2. The van der Waals surface area contributed by atoms with Gasteiger partial charge < -0.3 is 30.3 Å². The standard InChI is InChI=1S/C22H34N6O4/c29-17(15-27-5-9-31-10-6-27)13-25-19-1-3-23-22-20(2-4-24-21(19)22)26-14-18(30)16-28-7-11-32-12-8-28/h1-4,17-18,29-30H,5-16H2,(H,23,25)(H,24,26). The lowest BCUT2D eigenvalue weighted by molar-refractivity contribution is 0.0169. The number of nitrogens with one attached hydrogen (secondary N) is 2. The van der Waals surface area contributed by atoms with Crippen molar-refractivity contribution in [1.82, 2.24) is 19.8 Å². The smallest absolute Gasteiger partial charge is 0.114 e. The zero-order valence-electron chi connectivity index (χ0n) is 18.4. The monoisotopic (exact) mass is 446 g/mol. The average molecular weight is 447 g/mol. The fraction of sp³-hybridized carbons (Fsp3) is 0.636. The topological polar surface area (TPSA) is 115 Å². The number of rotatable bonds is 10. The van der Waals surface area contributed by atoms with Crippen LogP contribution in [0.1, 0.15) is 0 Å². The average Bonchev–Trinajstić information content (AvgIpc) is 2.82. The van der Waals surface area contributed by atoms with Gasteiger partial charge in [0.1, 0.15) is 11.0 Å². The Morgan fingerprint density at radius 1 is 0.750 bits per heavy atom. The number of anilines is 2. The van der Waals surface area contributed by atoms with Crippen LogP contribution in [0.5, 0.6) is 0 Å². The van der Waals surface area contributed by atoms with Crippen LogP contribution in [-0.2, 0) is 9.47 Å². The number of β-amino-alcohol motifs (C(OH)–C–C–N with tert-alkyl or cyclic N) is 2. The first-order chi connectivity index (χ1) is 15.7. The van der Waals surface area contributed by atoms with Gasteiger partial charge in [0.25, 0.3) is 0 Å².